The molecule has 0 bridgehead atoms. The lowest BCUT2D eigenvalue weighted by Gasteiger charge is -2.26. The molecule has 2 unspecified atom stereocenters. The summed E-state index contributed by atoms with van der Waals surface area (Å²) in [6.07, 6.45) is 2.32. The average Bonchev–Trinajstić information content (AvgIpc) is 2.77. The van der Waals surface area contributed by atoms with Crippen molar-refractivity contribution in [1.29, 1.82) is 0 Å². The number of hydrogen-bond acceptors (Lipinski definition) is 6. The minimum Gasteiger partial charge on any atom is -0.497 e. The molecule has 9 heteroatoms. The third-order valence-electron chi connectivity index (χ3n) is 4.87. The van der Waals surface area contributed by atoms with E-state index in [-0.39, 0.29) is 16.8 Å². The Morgan fingerprint density at radius 2 is 1.74 bits per heavy atom. The van der Waals surface area contributed by atoms with Crippen LogP contribution in [0.2, 0.25) is 0 Å². The van der Waals surface area contributed by atoms with E-state index in [4.69, 9.17) is 4.74 Å². The molecular weight excluding hydrogens is 434 g/mol. The Morgan fingerprint density at radius 1 is 1.10 bits per heavy atom. The summed E-state index contributed by atoms with van der Waals surface area (Å²) >= 11 is 1.56. The molecule has 2 aromatic carbocycles. The van der Waals surface area contributed by atoms with Crippen LogP contribution < -0.4 is 14.8 Å². The fourth-order valence-corrected chi connectivity index (χ4v) is 4.80. The van der Waals surface area contributed by atoms with Crippen LogP contribution in [-0.4, -0.2) is 65.0 Å². The molecule has 0 spiro atoms. The number of ether oxygens (including phenoxy) is 1. The lowest BCUT2D eigenvalue weighted by molar-refractivity contribution is -0.123. The average molecular weight is 466 g/mol. The van der Waals surface area contributed by atoms with Crippen LogP contribution in [0.5, 0.6) is 5.75 Å². The van der Waals surface area contributed by atoms with Crippen LogP contribution in [0.15, 0.2) is 59.5 Å². The predicted octanol–water partition coefficient (Wildman–Crippen LogP) is 2.51. The molecule has 0 fully saturated rings. The Kier molecular flexibility index (Phi) is 9.83. The maximum absolute atomic E-state index is 12.9. The Bertz CT molecular complexity index is 920. The quantitative estimate of drug-likeness (QED) is 0.501. The highest BCUT2D eigenvalue weighted by atomic mass is 32.2. The topological polar surface area (TPSA) is 87.7 Å². The molecule has 170 valence electrons. The molecule has 1 amide bonds. The van der Waals surface area contributed by atoms with Crippen LogP contribution >= 0.6 is 11.8 Å². The molecule has 0 aliphatic heterocycles. The molecule has 0 aromatic heterocycles. The van der Waals surface area contributed by atoms with E-state index in [1.54, 1.807) is 37.1 Å². The van der Waals surface area contributed by atoms with Crippen LogP contribution in [0.3, 0.4) is 0 Å². The first-order valence-corrected chi connectivity index (χ1v) is 12.8. The molecular formula is C22H31N3O4S2. The molecule has 0 radical (unpaired) electrons. The Labute approximate surface area is 189 Å². The maximum atomic E-state index is 12.9. The third-order valence-corrected chi connectivity index (χ3v) is 7.00. The summed E-state index contributed by atoms with van der Waals surface area (Å²) in [5.74, 6) is 1.08. The Balaban J connectivity index is 2.11. The van der Waals surface area contributed by atoms with Gasteiger partial charge in [-0.05, 0) is 62.4 Å². The fraction of sp³-hybridized carbons (Fsp3) is 0.409. The van der Waals surface area contributed by atoms with E-state index in [1.165, 1.54) is 12.1 Å². The van der Waals surface area contributed by atoms with Gasteiger partial charge in [0.1, 0.15) is 11.8 Å². The van der Waals surface area contributed by atoms with Crippen molar-refractivity contribution < 1.29 is 17.9 Å². The van der Waals surface area contributed by atoms with Gasteiger partial charge in [0.25, 0.3) is 0 Å². The lowest BCUT2D eigenvalue weighted by Crippen LogP contribution is -2.48. The summed E-state index contributed by atoms with van der Waals surface area (Å²) in [6.45, 7) is 0.348. The second-order valence-electron chi connectivity index (χ2n) is 7.27. The monoisotopic (exact) mass is 465 g/mol. The van der Waals surface area contributed by atoms with Crippen molar-refractivity contribution >= 4 is 27.7 Å². The smallest absolute Gasteiger partial charge is 0.241 e. The number of rotatable bonds is 12. The van der Waals surface area contributed by atoms with Gasteiger partial charge < -0.3 is 15.0 Å². The maximum Gasteiger partial charge on any atom is 0.241 e. The van der Waals surface area contributed by atoms with Crippen LogP contribution in [0.4, 0.5) is 0 Å². The minimum atomic E-state index is -3.79. The molecule has 2 atom stereocenters. The molecule has 2 rings (SSSR count). The number of methoxy groups -OCH3 is 1. The number of nitrogens with zero attached hydrogens (tertiary/aromatic N) is 1. The summed E-state index contributed by atoms with van der Waals surface area (Å²) in [7, 11) is 1.69. The normalized spacial score (nSPS) is 13.6. The van der Waals surface area contributed by atoms with E-state index in [0.29, 0.717) is 18.7 Å². The van der Waals surface area contributed by atoms with Crippen LogP contribution in [0.25, 0.3) is 0 Å². The number of likely N-dealkylation sites (N-methyl/N-ethyl adjacent to an activating group) is 1. The lowest BCUT2D eigenvalue weighted by atomic mass is 10.1. The summed E-state index contributed by atoms with van der Waals surface area (Å²) in [5, 5.41) is 2.93. The standard InChI is InChI=1S/C22H31N3O4S2/c1-25(2)21(17-10-12-18(29-3)13-11-17)16-23-22(26)20(14-15-30-4)24-31(27,28)19-8-6-5-7-9-19/h5-13,20-21,24H,14-16H2,1-4H3,(H,23,26). The Morgan fingerprint density at radius 3 is 2.29 bits per heavy atom. The fourth-order valence-electron chi connectivity index (χ4n) is 3.08. The van der Waals surface area contributed by atoms with Gasteiger partial charge in [0.05, 0.1) is 18.0 Å². The molecule has 0 aliphatic rings. The highest BCUT2D eigenvalue weighted by Crippen LogP contribution is 2.21. The Hall–Kier alpha value is -2.07. The molecule has 0 saturated heterocycles. The number of nitrogens with one attached hydrogen (secondary N) is 2. The first-order valence-electron chi connectivity index (χ1n) is 9.93. The number of carbonyl (C=O) groups excluding carboxylic acids is 1. The summed E-state index contributed by atoms with van der Waals surface area (Å²) in [4.78, 5) is 15.1. The molecule has 0 heterocycles. The van der Waals surface area contributed by atoms with Gasteiger partial charge in [-0.2, -0.15) is 16.5 Å². The largest absolute Gasteiger partial charge is 0.497 e. The third kappa shape index (κ3) is 7.53. The molecule has 7 nitrogen and oxygen atoms in total. The van der Waals surface area contributed by atoms with Crippen LogP contribution in [0, 0.1) is 0 Å². The first-order chi connectivity index (χ1) is 14.8. The SMILES string of the molecule is COc1ccc(C(CNC(=O)C(CCSC)NS(=O)(=O)c2ccccc2)N(C)C)cc1. The van der Waals surface area contributed by atoms with E-state index >= 15 is 0 Å². The van der Waals surface area contributed by atoms with E-state index < -0.39 is 16.1 Å². The van der Waals surface area contributed by atoms with Crippen molar-refractivity contribution in [3.8, 4) is 5.75 Å². The van der Waals surface area contributed by atoms with Crippen molar-refractivity contribution in [2.75, 3.05) is 39.8 Å². The van der Waals surface area contributed by atoms with Gasteiger partial charge in [0.2, 0.25) is 15.9 Å². The number of thioether (sulfide) groups is 1. The van der Waals surface area contributed by atoms with Gasteiger partial charge >= 0.3 is 0 Å². The number of hydrogen-bond donors (Lipinski definition) is 2. The number of benzene rings is 2. The van der Waals surface area contributed by atoms with Gasteiger partial charge in [-0.25, -0.2) is 8.42 Å². The number of amides is 1. The van der Waals surface area contributed by atoms with E-state index in [1.807, 2.05) is 49.5 Å². The molecule has 2 N–H and O–H groups in total. The van der Waals surface area contributed by atoms with Gasteiger partial charge in [-0.3, -0.25) is 4.79 Å². The molecule has 2 aromatic rings. The minimum absolute atomic E-state index is 0.0678. The molecule has 0 aliphatic carbocycles. The van der Waals surface area contributed by atoms with Crippen LogP contribution in [-0.2, 0) is 14.8 Å². The van der Waals surface area contributed by atoms with Gasteiger partial charge in [0.15, 0.2) is 0 Å². The molecule has 0 saturated carbocycles. The predicted molar refractivity (Wildman–Crippen MR) is 126 cm³/mol. The number of sulfonamides is 1. The second-order valence-corrected chi connectivity index (χ2v) is 9.97. The van der Waals surface area contributed by atoms with Gasteiger partial charge in [0, 0.05) is 6.54 Å². The van der Waals surface area contributed by atoms with Gasteiger partial charge in [-0.1, -0.05) is 30.3 Å². The van der Waals surface area contributed by atoms with Crippen molar-refractivity contribution in [1.82, 2.24) is 14.9 Å². The van der Waals surface area contributed by atoms with Crippen molar-refractivity contribution in [3.05, 3.63) is 60.2 Å². The van der Waals surface area contributed by atoms with Crippen LogP contribution in [0.1, 0.15) is 18.0 Å². The van der Waals surface area contributed by atoms with Crippen molar-refractivity contribution in [2.45, 2.75) is 23.4 Å². The first kappa shape index (κ1) is 25.2. The van der Waals surface area contributed by atoms with E-state index in [2.05, 4.69) is 10.0 Å². The zero-order valence-corrected chi connectivity index (χ0v) is 20.0. The summed E-state index contributed by atoms with van der Waals surface area (Å²) in [6, 6.07) is 14.8. The van der Waals surface area contributed by atoms with Crippen molar-refractivity contribution in [2.24, 2.45) is 0 Å². The van der Waals surface area contributed by atoms with Gasteiger partial charge in [-0.15, -0.1) is 0 Å². The van der Waals surface area contributed by atoms with E-state index in [9.17, 15) is 13.2 Å². The van der Waals surface area contributed by atoms with E-state index in [0.717, 1.165) is 11.3 Å². The zero-order valence-electron chi connectivity index (χ0n) is 18.4. The highest BCUT2D eigenvalue weighted by Gasteiger charge is 2.26. The summed E-state index contributed by atoms with van der Waals surface area (Å²) in [5.41, 5.74) is 1.02. The van der Waals surface area contributed by atoms with Crippen molar-refractivity contribution in [3.63, 3.8) is 0 Å². The zero-order chi connectivity index (χ0) is 22.9. The number of carbonyl (C=O) groups is 1. The highest BCUT2D eigenvalue weighted by molar-refractivity contribution is 7.98. The molecule has 31 heavy (non-hydrogen) atoms. The second kappa shape index (κ2) is 12.1. The summed E-state index contributed by atoms with van der Waals surface area (Å²) < 4.78 is 33.2.